The largest absolute Gasteiger partial charge is 0.387 e. The third kappa shape index (κ3) is 5.69. The molecule has 224 valence electrons. The van der Waals surface area contributed by atoms with Gasteiger partial charge in [0, 0.05) is 18.3 Å². The number of nitrogens with zero attached hydrogens (tertiary/aromatic N) is 1. The summed E-state index contributed by atoms with van der Waals surface area (Å²) in [6.45, 7) is 17.1. The standard InChI is InChI=1S/C40H53NO/c1-27-12-14-32(29(3)28(27)2)16-17-34-11-8-23-40(5)36(19-21-38(34)40)18-20-37-26-39(42)30(4)41(37)24-22-31-13-15-33-9-6-7-10-35(33)25-31/h6-7,9-10,13,15-17,25,27-28,36-39,42H,3-4,8,11-12,14,18-24,26H2,1-2,5H3/b32-16-,34-17+. The summed E-state index contributed by atoms with van der Waals surface area (Å²) in [4.78, 5) is 2.45. The molecule has 2 aromatic rings. The Hall–Kier alpha value is -2.58. The van der Waals surface area contributed by atoms with Crippen LogP contribution in [0.1, 0.15) is 90.5 Å². The molecule has 1 aliphatic heterocycles. The average Bonchev–Trinajstić information content (AvgIpc) is 3.47. The molecule has 7 atom stereocenters. The van der Waals surface area contributed by atoms with Crippen molar-refractivity contribution in [2.45, 2.75) is 104 Å². The topological polar surface area (TPSA) is 23.5 Å². The van der Waals surface area contributed by atoms with Gasteiger partial charge in [0.25, 0.3) is 0 Å². The van der Waals surface area contributed by atoms with Gasteiger partial charge in [-0.05, 0) is 127 Å². The van der Waals surface area contributed by atoms with Crippen LogP contribution < -0.4 is 0 Å². The van der Waals surface area contributed by atoms with Gasteiger partial charge in [-0.3, -0.25) is 0 Å². The van der Waals surface area contributed by atoms with Gasteiger partial charge in [-0.15, -0.1) is 0 Å². The number of aliphatic hydroxyl groups excluding tert-OH is 1. The Morgan fingerprint density at radius 3 is 2.62 bits per heavy atom. The number of fused-ring (bicyclic) bond motifs is 2. The van der Waals surface area contributed by atoms with Gasteiger partial charge in [0.15, 0.2) is 0 Å². The maximum absolute atomic E-state index is 10.8. The highest BCUT2D eigenvalue weighted by molar-refractivity contribution is 5.83. The zero-order valence-corrected chi connectivity index (χ0v) is 26.5. The van der Waals surface area contributed by atoms with Gasteiger partial charge in [-0.1, -0.05) is 94.1 Å². The van der Waals surface area contributed by atoms with Crippen LogP contribution in [0.25, 0.3) is 10.8 Å². The third-order valence-electron chi connectivity index (χ3n) is 12.3. The highest BCUT2D eigenvalue weighted by Crippen LogP contribution is 2.59. The van der Waals surface area contributed by atoms with E-state index in [-0.39, 0.29) is 0 Å². The summed E-state index contributed by atoms with van der Waals surface area (Å²) < 4.78 is 0. The Kier molecular flexibility index (Phi) is 8.56. The summed E-state index contributed by atoms with van der Waals surface area (Å²) in [7, 11) is 0. The summed E-state index contributed by atoms with van der Waals surface area (Å²) in [5.74, 6) is 2.86. The first-order valence-corrected chi connectivity index (χ1v) is 16.9. The monoisotopic (exact) mass is 563 g/mol. The molecule has 0 aromatic heterocycles. The summed E-state index contributed by atoms with van der Waals surface area (Å²) in [5.41, 5.74) is 7.29. The van der Waals surface area contributed by atoms with E-state index in [2.05, 4.69) is 93.4 Å². The Bertz CT molecular complexity index is 1380. The Labute approximate surface area is 255 Å². The van der Waals surface area contributed by atoms with Crippen molar-refractivity contribution in [1.82, 2.24) is 4.90 Å². The summed E-state index contributed by atoms with van der Waals surface area (Å²) in [6.07, 6.45) is 18.0. The molecule has 4 fully saturated rings. The normalized spacial score (nSPS) is 35.5. The highest BCUT2D eigenvalue weighted by atomic mass is 16.3. The molecule has 2 aromatic carbocycles. The molecule has 0 radical (unpaired) electrons. The van der Waals surface area contributed by atoms with Crippen LogP contribution in [0.5, 0.6) is 0 Å². The zero-order valence-electron chi connectivity index (χ0n) is 26.5. The Balaban J connectivity index is 1.09. The van der Waals surface area contributed by atoms with Gasteiger partial charge < -0.3 is 10.0 Å². The first kappa shape index (κ1) is 29.5. The lowest BCUT2D eigenvalue weighted by Crippen LogP contribution is -2.35. The molecule has 3 aliphatic carbocycles. The van der Waals surface area contributed by atoms with Gasteiger partial charge in [0.2, 0.25) is 0 Å². The van der Waals surface area contributed by atoms with E-state index in [4.69, 9.17) is 0 Å². The van der Waals surface area contributed by atoms with Gasteiger partial charge in [0.05, 0.1) is 6.10 Å². The van der Waals surface area contributed by atoms with Gasteiger partial charge in [-0.2, -0.15) is 0 Å². The fourth-order valence-corrected chi connectivity index (χ4v) is 9.23. The predicted molar refractivity (Wildman–Crippen MR) is 178 cm³/mol. The molecule has 1 N–H and O–H groups in total. The van der Waals surface area contributed by atoms with Crippen molar-refractivity contribution < 1.29 is 5.11 Å². The first-order valence-electron chi connectivity index (χ1n) is 16.9. The number of hydrogen-bond donors (Lipinski definition) is 1. The van der Waals surface area contributed by atoms with E-state index < -0.39 is 6.10 Å². The molecule has 6 rings (SSSR count). The lowest BCUT2D eigenvalue weighted by atomic mass is 9.62. The summed E-state index contributed by atoms with van der Waals surface area (Å²) in [5, 5.41) is 13.4. The van der Waals surface area contributed by atoms with Crippen molar-refractivity contribution in [3.8, 4) is 0 Å². The quantitative estimate of drug-likeness (QED) is 0.362. The number of hydrogen-bond acceptors (Lipinski definition) is 2. The van der Waals surface area contributed by atoms with Gasteiger partial charge >= 0.3 is 0 Å². The lowest BCUT2D eigenvalue weighted by Gasteiger charge is -2.43. The van der Waals surface area contributed by atoms with Crippen molar-refractivity contribution in [2.75, 3.05) is 6.54 Å². The van der Waals surface area contributed by atoms with Crippen molar-refractivity contribution >= 4 is 10.8 Å². The SMILES string of the molecule is C=C1/C(=C\C=C2/CCCC3(C)C(CCC4CC(O)C(=C)N4CCc4ccc5ccccc5c4)CCC23)CCC(C)C1C. The minimum atomic E-state index is -0.393. The van der Waals surface area contributed by atoms with Crippen LogP contribution in [0.4, 0.5) is 0 Å². The summed E-state index contributed by atoms with van der Waals surface area (Å²) >= 11 is 0. The molecule has 2 heteroatoms. The van der Waals surface area contributed by atoms with Crippen LogP contribution in [-0.2, 0) is 6.42 Å². The molecule has 7 unspecified atom stereocenters. The van der Waals surface area contributed by atoms with Crippen LogP contribution in [0.15, 0.2) is 90.2 Å². The number of likely N-dealkylation sites (tertiary alicyclic amines) is 1. The van der Waals surface area contributed by atoms with Crippen LogP contribution in [0.2, 0.25) is 0 Å². The molecule has 1 heterocycles. The zero-order chi connectivity index (χ0) is 29.4. The fraction of sp³-hybridized carbons (Fsp3) is 0.550. The van der Waals surface area contributed by atoms with Crippen LogP contribution >= 0.6 is 0 Å². The summed E-state index contributed by atoms with van der Waals surface area (Å²) in [6, 6.07) is 15.8. The molecular weight excluding hydrogens is 510 g/mol. The lowest BCUT2D eigenvalue weighted by molar-refractivity contribution is 0.120. The molecule has 0 amide bonds. The van der Waals surface area contributed by atoms with E-state index in [0.29, 0.717) is 17.4 Å². The molecule has 2 nitrogen and oxygen atoms in total. The van der Waals surface area contributed by atoms with Crippen molar-refractivity contribution in [2.24, 2.45) is 29.1 Å². The van der Waals surface area contributed by atoms with Gasteiger partial charge in [-0.25, -0.2) is 0 Å². The van der Waals surface area contributed by atoms with Crippen LogP contribution in [-0.4, -0.2) is 28.7 Å². The second kappa shape index (κ2) is 12.2. The minimum Gasteiger partial charge on any atom is -0.387 e. The molecule has 0 bridgehead atoms. The van der Waals surface area contributed by atoms with Gasteiger partial charge in [0.1, 0.15) is 0 Å². The predicted octanol–water partition coefficient (Wildman–Crippen LogP) is 9.80. The average molecular weight is 564 g/mol. The van der Waals surface area contributed by atoms with Crippen molar-refractivity contribution in [1.29, 1.82) is 0 Å². The molecule has 1 saturated heterocycles. The van der Waals surface area contributed by atoms with Crippen LogP contribution in [0, 0.1) is 29.1 Å². The maximum Gasteiger partial charge on any atom is 0.0950 e. The fourth-order valence-electron chi connectivity index (χ4n) is 9.23. The minimum absolute atomic E-state index is 0.393. The van der Waals surface area contributed by atoms with Crippen LogP contribution in [0.3, 0.4) is 0 Å². The van der Waals surface area contributed by atoms with Crippen molar-refractivity contribution in [3.05, 3.63) is 95.8 Å². The number of allylic oxidation sites excluding steroid dienone is 5. The number of benzene rings is 2. The molecule has 3 saturated carbocycles. The maximum atomic E-state index is 10.8. The first-order chi connectivity index (χ1) is 20.2. The van der Waals surface area contributed by atoms with E-state index in [1.54, 1.807) is 5.57 Å². The third-order valence-corrected chi connectivity index (χ3v) is 12.3. The smallest absolute Gasteiger partial charge is 0.0950 e. The van der Waals surface area contributed by atoms with E-state index in [9.17, 15) is 5.11 Å². The number of aliphatic hydroxyl groups is 1. The van der Waals surface area contributed by atoms with E-state index in [1.807, 2.05) is 0 Å². The van der Waals surface area contributed by atoms with E-state index in [0.717, 1.165) is 42.8 Å². The number of rotatable bonds is 7. The van der Waals surface area contributed by atoms with E-state index in [1.165, 1.54) is 85.3 Å². The Morgan fingerprint density at radius 2 is 1.79 bits per heavy atom. The Morgan fingerprint density at radius 1 is 0.976 bits per heavy atom. The molecule has 0 spiro atoms. The molecule has 4 aliphatic rings. The van der Waals surface area contributed by atoms with Crippen molar-refractivity contribution in [3.63, 3.8) is 0 Å². The van der Waals surface area contributed by atoms with E-state index >= 15 is 0 Å². The molecule has 42 heavy (non-hydrogen) atoms. The molecular formula is C40H53NO. The second-order valence-corrected chi connectivity index (χ2v) is 14.5. The second-order valence-electron chi connectivity index (χ2n) is 14.5. The highest BCUT2D eigenvalue weighted by Gasteiger charge is 2.49.